The van der Waals surface area contributed by atoms with E-state index in [0.29, 0.717) is 5.75 Å². The fourth-order valence-electron chi connectivity index (χ4n) is 2.30. The minimum absolute atomic E-state index is 0.419. The van der Waals surface area contributed by atoms with Gasteiger partial charge in [-0.25, -0.2) is 0 Å². The minimum Gasteiger partial charge on any atom is -0.508 e. The molecule has 0 saturated heterocycles. The van der Waals surface area contributed by atoms with Crippen molar-refractivity contribution in [1.82, 2.24) is 0 Å². The summed E-state index contributed by atoms with van der Waals surface area (Å²) < 4.78 is 0. The van der Waals surface area contributed by atoms with Crippen molar-refractivity contribution in [2.45, 2.75) is 65.2 Å². The molecule has 0 bridgehead atoms. The van der Waals surface area contributed by atoms with Gasteiger partial charge in [-0.2, -0.15) is 0 Å². The molecule has 0 unspecified atom stereocenters. The van der Waals surface area contributed by atoms with Gasteiger partial charge in [0.25, 0.3) is 0 Å². The standard InChI is InChI=1S/C16H25ClO/c1-3-5-7-9-13-14(10-8-6-4-2)16(18)12-11-15(13)17/h11-12,18H,3-10H2,1-2H3. The maximum Gasteiger partial charge on any atom is 0.119 e. The summed E-state index contributed by atoms with van der Waals surface area (Å²) in [7, 11) is 0. The molecule has 1 aromatic carbocycles. The van der Waals surface area contributed by atoms with Gasteiger partial charge < -0.3 is 5.11 Å². The van der Waals surface area contributed by atoms with Crippen LogP contribution < -0.4 is 0 Å². The summed E-state index contributed by atoms with van der Waals surface area (Å²) >= 11 is 6.28. The quantitative estimate of drug-likeness (QED) is 0.616. The highest BCUT2D eigenvalue weighted by molar-refractivity contribution is 6.31. The molecule has 0 amide bonds. The zero-order chi connectivity index (χ0) is 13.4. The van der Waals surface area contributed by atoms with Crippen molar-refractivity contribution in [2.75, 3.05) is 0 Å². The number of hydrogen-bond donors (Lipinski definition) is 1. The zero-order valence-electron chi connectivity index (χ0n) is 11.6. The summed E-state index contributed by atoms with van der Waals surface area (Å²) in [6.07, 6.45) is 9.06. The summed E-state index contributed by atoms with van der Waals surface area (Å²) in [4.78, 5) is 0. The van der Waals surface area contributed by atoms with E-state index >= 15 is 0 Å². The van der Waals surface area contributed by atoms with Crippen molar-refractivity contribution in [3.8, 4) is 5.75 Å². The van der Waals surface area contributed by atoms with Crippen LogP contribution in [-0.2, 0) is 12.8 Å². The van der Waals surface area contributed by atoms with Gasteiger partial charge in [0.2, 0.25) is 0 Å². The van der Waals surface area contributed by atoms with E-state index in [-0.39, 0.29) is 0 Å². The molecule has 1 aromatic rings. The molecule has 102 valence electrons. The van der Waals surface area contributed by atoms with Gasteiger partial charge in [0.05, 0.1) is 0 Å². The number of unbranched alkanes of at least 4 members (excludes halogenated alkanes) is 4. The molecule has 1 nitrogen and oxygen atoms in total. The molecule has 0 saturated carbocycles. The summed E-state index contributed by atoms with van der Waals surface area (Å²) in [5, 5.41) is 10.8. The van der Waals surface area contributed by atoms with Crippen LogP contribution in [0.1, 0.15) is 63.5 Å². The normalized spacial score (nSPS) is 10.8. The SMILES string of the molecule is CCCCCc1c(O)ccc(Cl)c1CCCCC. The Morgan fingerprint density at radius 1 is 0.889 bits per heavy atom. The Balaban J connectivity index is 2.79. The van der Waals surface area contributed by atoms with Gasteiger partial charge in [0.15, 0.2) is 0 Å². The van der Waals surface area contributed by atoms with Crippen LogP contribution in [0.15, 0.2) is 12.1 Å². The lowest BCUT2D eigenvalue weighted by molar-refractivity contribution is 0.465. The average Bonchev–Trinajstić information content (AvgIpc) is 2.36. The van der Waals surface area contributed by atoms with Crippen LogP contribution in [0.5, 0.6) is 5.75 Å². The molecule has 18 heavy (non-hydrogen) atoms. The molecule has 0 radical (unpaired) electrons. The smallest absolute Gasteiger partial charge is 0.119 e. The van der Waals surface area contributed by atoms with Gasteiger partial charge in [-0.3, -0.25) is 0 Å². The maximum absolute atomic E-state index is 10.0. The molecule has 0 fully saturated rings. The second-order valence-electron chi connectivity index (χ2n) is 4.94. The molecule has 0 atom stereocenters. The largest absolute Gasteiger partial charge is 0.508 e. The molecule has 0 aliphatic carbocycles. The lowest BCUT2D eigenvalue weighted by Gasteiger charge is -2.13. The van der Waals surface area contributed by atoms with Crippen LogP contribution in [0.2, 0.25) is 5.02 Å². The van der Waals surface area contributed by atoms with Crippen molar-refractivity contribution >= 4 is 11.6 Å². The van der Waals surface area contributed by atoms with Crippen LogP contribution in [0, 0.1) is 0 Å². The Morgan fingerprint density at radius 3 is 2.00 bits per heavy atom. The van der Waals surface area contributed by atoms with Gasteiger partial charge >= 0.3 is 0 Å². The topological polar surface area (TPSA) is 20.2 Å². The summed E-state index contributed by atoms with van der Waals surface area (Å²) in [5.74, 6) is 0.419. The van der Waals surface area contributed by atoms with E-state index in [1.54, 1.807) is 6.07 Å². The van der Waals surface area contributed by atoms with E-state index in [4.69, 9.17) is 11.6 Å². The molecule has 2 heteroatoms. The third kappa shape index (κ3) is 4.53. The second kappa shape index (κ2) is 8.42. The zero-order valence-corrected chi connectivity index (χ0v) is 12.4. The predicted octanol–water partition coefficient (Wildman–Crippen LogP) is 5.51. The molecular formula is C16H25ClO. The van der Waals surface area contributed by atoms with E-state index in [2.05, 4.69) is 13.8 Å². The van der Waals surface area contributed by atoms with E-state index in [0.717, 1.165) is 36.3 Å². The fourth-order valence-corrected chi connectivity index (χ4v) is 2.58. The molecule has 0 aliphatic heterocycles. The summed E-state index contributed by atoms with van der Waals surface area (Å²) in [6, 6.07) is 3.55. The molecule has 1 N–H and O–H groups in total. The minimum atomic E-state index is 0.419. The number of halogens is 1. The van der Waals surface area contributed by atoms with E-state index < -0.39 is 0 Å². The van der Waals surface area contributed by atoms with Crippen molar-refractivity contribution < 1.29 is 5.11 Å². The first-order chi connectivity index (χ1) is 8.70. The van der Waals surface area contributed by atoms with Gasteiger partial charge in [-0.1, -0.05) is 51.1 Å². The lowest BCUT2D eigenvalue weighted by Crippen LogP contribution is -1.97. The molecule has 1 rings (SSSR count). The first-order valence-corrected chi connectivity index (χ1v) is 7.57. The van der Waals surface area contributed by atoms with E-state index in [1.165, 1.54) is 31.2 Å². The van der Waals surface area contributed by atoms with Crippen molar-refractivity contribution in [1.29, 1.82) is 0 Å². The monoisotopic (exact) mass is 268 g/mol. The van der Waals surface area contributed by atoms with E-state index in [9.17, 15) is 5.11 Å². The number of phenolic OH excluding ortho intramolecular Hbond substituents is 1. The molecule has 0 aromatic heterocycles. The molecule has 0 aliphatic rings. The Hall–Kier alpha value is -0.690. The van der Waals surface area contributed by atoms with Crippen molar-refractivity contribution in [3.63, 3.8) is 0 Å². The van der Waals surface area contributed by atoms with Crippen LogP contribution >= 0.6 is 11.6 Å². The summed E-state index contributed by atoms with van der Waals surface area (Å²) in [5.41, 5.74) is 2.24. The highest BCUT2D eigenvalue weighted by Gasteiger charge is 2.11. The average molecular weight is 269 g/mol. The lowest BCUT2D eigenvalue weighted by atomic mass is 9.96. The molecule has 0 spiro atoms. The number of rotatable bonds is 8. The van der Waals surface area contributed by atoms with Gasteiger partial charge in [0, 0.05) is 5.02 Å². The van der Waals surface area contributed by atoms with Gasteiger partial charge in [0.1, 0.15) is 5.75 Å². The Bertz CT molecular complexity index is 325. The highest BCUT2D eigenvalue weighted by Crippen LogP contribution is 2.30. The first kappa shape index (κ1) is 15.4. The number of aromatic hydroxyl groups is 1. The number of phenols is 1. The van der Waals surface area contributed by atoms with Crippen LogP contribution in [-0.4, -0.2) is 5.11 Å². The number of benzene rings is 1. The first-order valence-electron chi connectivity index (χ1n) is 7.19. The Labute approximate surface area is 116 Å². The molecular weight excluding hydrogens is 244 g/mol. The van der Waals surface area contributed by atoms with Crippen molar-refractivity contribution in [2.24, 2.45) is 0 Å². The Kier molecular flexibility index (Phi) is 7.19. The number of hydrogen-bond acceptors (Lipinski definition) is 1. The van der Waals surface area contributed by atoms with E-state index in [1.807, 2.05) is 6.07 Å². The highest BCUT2D eigenvalue weighted by atomic mass is 35.5. The Morgan fingerprint density at radius 2 is 1.44 bits per heavy atom. The van der Waals surface area contributed by atoms with Crippen LogP contribution in [0.4, 0.5) is 0 Å². The third-order valence-electron chi connectivity index (χ3n) is 3.41. The third-order valence-corrected chi connectivity index (χ3v) is 3.76. The van der Waals surface area contributed by atoms with Gasteiger partial charge in [-0.15, -0.1) is 0 Å². The fraction of sp³-hybridized carbons (Fsp3) is 0.625. The van der Waals surface area contributed by atoms with Crippen molar-refractivity contribution in [3.05, 3.63) is 28.3 Å². The maximum atomic E-state index is 10.0. The van der Waals surface area contributed by atoms with Gasteiger partial charge in [-0.05, 0) is 48.9 Å². The second-order valence-corrected chi connectivity index (χ2v) is 5.35. The van der Waals surface area contributed by atoms with Crippen LogP contribution in [0.25, 0.3) is 0 Å². The summed E-state index contributed by atoms with van der Waals surface area (Å²) in [6.45, 7) is 4.40. The van der Waals surface area contributed by atoms with Crippen LogP contribution in [0.3, 0.4) is 0 Å². The predicted molar refractivity (Wildman–Crippen MR) is 79.6 cm³/mol. The molecule has 0 heterocycles.